The predicted octanol–water partition coefficient (Wildman–Crippen LogP) is 3.70. The molecule has 100 valence electrons. The first-order valence-corrected chi connectivity index (χ1v) is 6.04. The van der Waals surface area contributed by atoms with E-state index in [9.17, 15) is 13.2 Å². The smallest absolute Gasteiger partial charge is 0.406 e. The van der Waals surface area contributed by atoms with Crippen LogP contribution in [-0.2, 0) is 5.54 Å². The van der Waals surface area contributed by atoms with Crippen LogP contribution in [0.2, 0.25) is 0 Å². The number of halogens is 3. The minimum absolute atomic E-state index is 0.199. The van der Waals surface area contributed by atoms with Crippen molar-refractivity contribution in [2.45, 2.75) is 44.0 Å². The summed E-state index contributed by atoms with van der Waals surface area (Å²) in [5, 5.41) is 0. The molecule has 0 spiro atoms. The first-order chi connectivity index (χ1) is 8.39. The maximum atomic E-state index is 12.2. The largest absolute Gasteiger partial charge is 0.573 e. The van der Waals surface area contributed by atoms with Crippen LogP contribution in [0, 0.1) is 0 Å². The Bertz CT molecular complexity index is 411. The van der Waals surface area contributed by atoms with E-state index in [1.54, 1.807) is 12.1 Å². The van der Waals surface area contributed by atoms with Crippen LogP contribution < -0.4 is 10.5 Å². The van der Waals surface area contributed by atoms with Gasteiger partial charge in [0.15, 0.2) is 0 Å². The third-order valence-corrected chi connectivity index (χ3v) is 3.39. The van der Waals surface area contributed by atoms with E-state index in [2.05, 4.69) is 4.74 Å². The molecule has 0 bridgehead atoms. The molecule has 1 aliphatic rings. The molecule has 1 aromatic carbocycles. The third kappa shape index (κ3) is 3.16. The highest BCUT2D eigenvalue weighted by Gasteiger charge is 2.33. The quantitative estimate of drug-likeness (QED) is 0.878. The fraction of sp³-hybridized carbons (Fsp3) is 0.538. The Morgan fingerprint density at radius 1 is 1.11 bits per heavy atom. The molecule has 0 radical (unpaired) electrons. The van der Waals surface area contributed by atoms with Crippen LogP contribution in [-0.4, -0.2) is 6.36 Å². The molecule has 0 heterocycles. The Balaban J connectivity index is 2.21. The molecule has 1 aliphatic carbocycles. The number of rotatable bonds is 2. The van der Waals surface area contributed by atoms with Crippen LogP contribution >= 0.6 is 0 Å². The van der Waals surface area contributed by atoms with Gasteiger partial charge >= 0.3 is 6.36 Å². The van der Waals surface area contributed by atoms with Gasteiger partial charge in [-0.05, 0) is 30.5 Å². The molecule has 1 saturated carbocycles. The van der Waals surface area contributed by atoms with Gasteiger partial charge in [-0.25, -0.2) is 0 Å². The Labute approximate surface area is 104 Å². The maximum absolute atomic E-state index is 12.2. The van der Waals surface area contributed by atoms with Crippen molar-refractivity contribution in [3.63, 3.8) is 0 Å². The summed E-state index contributed by atoms with van der Waals surface area (Å²) >= 11 is 0. The molecule has 0 amide bonds. The van der Waals surface area contributed by atoms with E-state index >= 15 is 0 Å². The molecular formula is C13H16F3NO. The van der Waals surface area contributed by atoms with Gasteiger partial charge in [-0.1, -0.05) is 31.4 Å². The Hall–Kier alpha value is -1.23. The zero-order valence-electron chi connectivity index (χ0n) is 9.96. The Morgan fingerprint density at radius 2 is 1.78 bits per heavy atom. The first kappa shape index (κ1) is 13.2. The Morgan fingerprint density at radius 3 is 2.39 bits per heavy atom. The number of alkyl halides is 3. The zero-order chi connectivity index (χ0) is 13.2. The van der Waals surface area contributed by atoms with Gasteiger partial charge in [-0.3, -0.25) is 0 Å². The molecule has 0 aromatic heterocycles. The summed E-state index contributed by atoms with van der Waals surface area (Å²) in [5.74, 6) is -0.199. The average Bonchev–Trinajstić information content (AvgIpc) is 2.28. The average molecular weight is 259 g/mol. The minimum atomic E-state index is -4.66. The number of hydrogen-bond donors (Lipinski definition) is 1. The number of nitrogens with two attached hydrogens (primary N) is 1. The van der Waals surface area contributed by atoms with Crippen molar-refractivity contribution in [3.05, 3.63) is 29.8 Å². The second-order valence-corrected chi connectivity index (χ2v) is 4.79. The van der Waals surface area contributed by atoms with Crippen molar-refractivity contribution < 1.29 is 17.9 Å². The van der Waals surface area contributed by atoms with E-state index in [-0.39, 0.29) is 5.75 Å². The Kier molecular flexibility index (Phi) is 3.52. The molecule has 0 aliphatic heterocycles. The molecule has 5 heteroatoms. The summed E-state index contributed by atoms with van der Waals surface area (Å²) in [6.07, 6.45) is 0.122. The monoisotopic (exact) mass is 259 g/mol. The molecule has 0 unspecified atom stereocenters. The van der Waals surface area contributed by atoms with Gasteiger partial charge < -0.3 is 10.5 Å². The molecule has 18 heavy (non-hydrogen) atoms. The summed E-state index contributed by atoms with van der Waals surface area (Å²) in [5.41, 5.74) is 6.49. The fourth-order valence-corrected chi connectivity index (χ4v) is 2.47. The number of hydrogen-bond acceptors (Lipinski definition) is 2. The third-order valence-electron chi connectivity index (χ3n) is 3.39. The van der Waals surface area contributed by atoms with Crippen molar-refractivity contribution in [1.82, 2.24) is 0 Å². The van der Waals surface area contributed by atoms with Gasteiger partial charge in [0, 0.05) is 5.54 Å². The van der Waals surface area contributed by atoms with Crippen molar-refractivity contribution in [2.75, 3.05) is 0 Å². The van der Waals surface area contributed by atoms with Crippen LogP contribution in [0.15, 0.2) is 24.3 Å². The highest BCUT2D eigenvalue weighted by atomic mass is 19.4. The predicted molar refractivity (Wildman–Crippen MR) is 62.1 cm³/mol. The van der Waals surface area contributed by atoms with E-state index in [0.717, 1.165) is 37.7 Å². The minimum Gasteiger partial charge on any atom is -0.406 e. The molecule has 2 nitrogen and oxygen atoms in total. The molecule has 0 saturated heterocycles. The number of ether oxygens (including phenoxy) is 1. The van der Waals surface area contributed by atoms with E-state index in [1.165, 1.54) is 12.1 Å². The van der Waals surface area contributed by atoms with Crippen molar-refractivity contribution in [2.24, 2.45) is 5.73 Å². The number of benzene rings is 1. The van der Waals surface area contributed by atoms with E-state index in [1.807, 2.05) is 0 Å². The summed E-state index contributed by atoms with van der Waals surface area (Å²) < 4.78 is 40.4. The molecule has 0 atom stereocenters. The van der Waals surface area contributed by atoms with Crippen molar-refractivity contribution in [1.29, 1.82) is 0 Å². The first-order valence-electron chi connectivity index (χ1n) is 6.04. The fourth-order valence-electron chi connectivity index (χ4n) is 2.47. The van der Waals surface area contributed by atoms with Gasteiger partial charge in [0.05, 0.1) is 0 Å². The summed E-state index contributed by atoms with van der Waals surface area (Å²) in [6.45, 7) is 0. The normalized spacial score (nSPS) is 19.6. The molecule has 1 aromatic rings. The lowest BCUT2D eigenvalue weighted by molar-refractivity contribution is -0.274. The van der Waals surface area contributed by atoms with E-state index < -0.39 is 11.9 Å². The maximum Gasteiger partial charge on any atom is 0.573 e. The molecular weight excluding hydrogens is 243 g/mol. The van der Waals surface area contributed by atoms with Crippen LogP contribution in [0.25, 0.3) is 0 Å². The van der Waals surface area contributed by atoms with Crippen molar-refractivity contribution in [3.8, 4) is 5.75 Å². The van der Waals surface area contributed by atoms with Crippen LogP contribution in [0.4, 0.5) is 13.2 Å². The molecule has 2 rings (SSSR count). The zero-order valence-corrected chi connectivity index (χ0v) is 9.96. The highest BCUT2D eigenvalue weighted by Crippen LogP contribution is 2.36. The van der Waals surface area contributed by atoms with Crippen LogP contribution in [0.1, 0.15) is 37.7 Å². The standard InChI is InChI=1S/C13H16F3NO/c14-13(15,16)18-11-6-4-5-10(9-11)12(17)7-2-1-3-8-12/h4-6,9H,1-3,7-8,17H2. The van der Waals surface area contributed by atoms with E-state index in [0.29, 0.717) is 0 Å². The lowest BCUT2D eigenvalue weighted by Crippen LogP contribution is -2.38. The molecule has 2 N–H and O–H groups in total. The van der Waals surface area contributed by atoms with Gasteiger partial charge in [0.25, 0.3) is 0 Å². The molecule has 1 fully saturated rings. The van der Waals surface area contributed by atoms with Gasteiger partial charge in [-0.15, -0.1) is 13.2 Å². The van der Waals surface area contributed by atoms with E-state index in [4.69, 9.17) is 5.73 Å². The van der Waals surface area contributed by atoms with Gasteiger partial charge in [0.2, 0.25) is 0 Å². The second-order valence-electron chi connectivity index (χ2n) is 4.79. The van der Waals surface area contributed by atoms with Gasteiger partial charge in [-0.2, -0.15) is 0 Å². The summed E-state index contributed by atoms with van der Waals surface area (Å²) in [6, 6.07) is 6.02. The van der Waals surface area contributed by atoms with Crippen molar-refractivity contribution >= 4 is 0 Å². The highest BCUT2D eigenvalue weighted by molar-refractivity contribution is 5.33. The second kappa shape index (κ2) is 4.80. The lowest BCUT2D eigenvalue weighted by Gasteiger charge is -2.34. The summed E-state index contributed by atoms with van der Waals surface area (Å²) in [4.78, 5) is 0. The van der Waals surface area contributed by atoms with Gasteiger partial charge in [0.1, 0.15) is 5.75 Å². The van der Waals surface area contributed by atoms with Crippen LogP contribution in [0.3, 0.4) is 0 Å². The topological polar surface area (TPSA) is 35.2 Å². The van der Waals surface area contributed by atoms with Crippen LogP contribution in [0.5, 0.6) is 5.75 Å². The summed E-state index contributed by atoms with van der Waals surface area (Å²) in [7, 11) is 0. The lowest BCUT2D eigenvalue weighted by atomic mass is 9.77. The SMILES string of the molecule is NC1(c2cccc(OC(F)(F)F)c2)CCCCC1.